The molecule has 0 aliphatic heterocycles. The number of thioether (sulfide) groups is 1. The van der Waals surface area contributed by atoms with Crippen LogP contribution < -0.4 is 5.73 Å². The Morgan fingerprint density at radius 2 is 2.27 bits per heavy atom. The lowest BCUT2D eigenvalue weighted by Gasteiger charge is -2.00. The summed E-state index contributed by atoms with van der Waals surface area (Å²) in [6, 6.07) is 5.75. The first-order chi connectivity index (χ1) is 5.24. The molecule has 0 saturated heterocycles. The first-order valence-corrected chi connectivity index (χ1v) is 5.04. The molecule has 1 nitrogen and oxygen atoms in total. The van der Waals surface area contributed by atoms with Gasteiger partial charge in [-0.3, -0.25) is 0 Å². The van der Waals surface area contributed by atoms with Gasteiger partial charge >= 0.3 is 0 Å². The van der Waals surface area contributed by atoms with Crippen LogP contribution in [0.5, 0.6) is 0 Å². The summed E-state index contributed by atoms with van der Waals surface area (Å²) < 4.78 is 0. The molecule has 0 bridgehead atoms. The molecule has 0 fully saturated rings. The van der Waals surface area contributed by atoms with Gasteiger partial charge in [-0.1, -0.05) is 17.7 Å². The minimum Gasteiger partial charge on any atom is -0.398 e. The first kappa shape index (κ1) is 8.75. The number of nitrogen functional groups attached to an aromatic ring is 1. The second-order valence-electron chi connectivity index (χ2n) is 2.29. The molecule has 2 N–H and O–H groups in total. The van der Waals surface area contributed by atoms with Crippen molar-refractivity contribution in [2.24, 2.45) is 0 Å². The van der Waals surface area contributed by atoms with Crippen LogP contribution in [0.3, 0.4) is 0 Å². The lowest BCUT2D eigenvalue weighted by atomic mass is 10.2. The van der Waals surface area contributed by atoms with Gasteiger partial charge in [0.05, 0.1) is 10.7 Å². The maximum absolute atomic E-state index is 5.82. The van der Waals surface area contributed by atoms with Crippen molar-refractivity contribution >= 4 is 29.1 Å². The average Bonchev–Trinajstić information content (AvgIpc) is 1.98. The van der Waals surface area contributed by atoms with Crippen LogP contribution >= 0.6 is 23.4 Å². The molecule has 0 aliphatic rings. The summed E-state index contributed by atoms with van der Waals surface area (Å²) in [7, 11) is 0. The van der Waals surface area contributed by atoms with Crippen LogP contribution in [0.15, 0.2) is 18.2 Å². The zero-order valence-corrected chi connectivity index (χ0v) is 7.88. The van der Waals surface area contributed by atoms with Crippen molar-refractivity contribution in [1.82, 2.24) is 0 Å². The number of nitrogens with two attached hydrogens (primary N) is 1. The molecule has 0 spiro atoms. The fraction of sp³-hybridized carbons (Fsp3) is 0.250. The molecule has 0 aliphatic carbocycles. The molecule has 1 rings (SSSR count). The summed E-state index contributed by atoms with van der Waals surface area (Å²) in [5.74, 6) is 0.986. The molecule has 0 heterocycles. The van der Waals surface area contributed by atoms with E-state index in [0.717, 1.165) is 5.75 Å². The van der Waals surface area contributed by atoms with Crippen LogP contribution in [0, 0.1) is 0 Å². The number of halogens is 1. The van der Waals surface area contributed by atoms with E-state index >= 15 is 0 Å². The topological polar surface area (TPSA) is 26.0 Å². The SMILES string of the molecule is CSCc1ccc(N)c(Cl)c1. The monoisotopic (exact) mass is 187 g/mol. The van der Waals surface area contributed by atoms with Crippen LogP contribution in [-0.4, -0.2) is 6.26 Å². The zero-order valence-electron chi connectivity index (χ0n) is 6.30. The van der Waals surface area contributed by atoms with Crippen molar-refractivity contribution in [3.05, 3.63) is 28.8 Å². The van der Waals surface area contributed by atoms with E-state index in [2.05, 4.69) is 6.26 Å². The van der Waals surface area contributed by atoms with Gasteiger partial charge in [-0.2, -0.15) is 11.8 Å². The highest BCUT2D eigenvalue weighted by Crippen LogP contribution is 2.21. The average molecular weight is 188 g/mol. The molecule has 0 saturated carbocycles. The van der Waals surface area contributed by atoms with Crippen molar-refractivity contribution in [1.29, 1.82) is 0 Å². The Bertz CT molecular complexity index is 250. The third-order valence-electron chi connectivity index (χ3n) is 1.38. The molecule has 11 heavy (non-hydrogen) atoms. The van der Waals surface area contributed by atoms with Gasteiger partial charge in [0, 0.05) is 5.75 Å². The van der Waals surface area contributed by atoms with E-state index < -0.39 is 0 Å². The highest BCUT2D eigenvalue weighted by atomic mass is 35.5. The third-order valence-corrected chi connectivity index (χ3v) is 2.33. The fourth-order valence-corrected chi connectivity index (χ4v) is 1.54. The summed E-state index contributed by atoms with van der Waals surface area (Å²) >= 11 is 7.59. The van der Waals surface area contributed by atoms with Gasteiger partial charge in [0.15, 0.2) is 0 Å². The van der Waals surface area contributed by atoms with Gasteiger partial charge in [-0.05, 0) is 24.0 Å². The van der Waals surface area contributed by atoms with Crippen molar-refractivity contribution in [3.63, 3.8) is 0 Å². The number of hydrogen-bond donors (Lipinski definition) is 1. The second kappa shape index (κ2) is 3.88. The number of hydrogen-bond acceptors (Lipinski definition) is 2. The maximum Gasteiger partial charge on any atom is 0.0638 e. The number of benzene rings is 1. The quantitative estimate of drug-likeness (QED) is 0.721. The Morgan fingerprint density at radius 3 is 2.82 bits per heavy atom. The predicted molar refractivity (Wildman–Crippen MR) is 53.1 cm³/mol. The molecule has 0 radical (unpaired) electrons. The van der Waals surface area contributed by atoms with Crippen LogP contribution in [0.4, 0.5) is 5.69 Å². The van der Waals surface area contributed by atoms with Gasteiger partial charge in [-0.25, -0.2) is 0 Å². The second-order valence-corrected chi connectivity index (χ2v) is 3.56. The van der Waals surface area contributed by atoms with Crippen LogP contribution in [0.1, 0.15) is 5.56 Å². The van der Waals surface area contributed by atoms with E-state index in [1.807, 2.05) is 18.2 Å². The maximum atomic E-state index is 5.82. The lowest BCUT2D eigenvalue weighted by molar-refractivity contribution is 1.42. The van der Waals surface area contributed by atoms with E-state index in [-0.39, 0.29) is 0 Å². The molecule has 0 amide bonds. The van der Waals surface area contributed by atoms with E-state index in [1.54, 1.807) is 11.8 Å². The van der Waals surface area contributed by atoms with Gasteiger partial charge in [0.2, 0.25) is 0 Å². The predicted octanol–water partition coefficient (Wildman–Crippen LogP) is 2.79. The van der Waals surface area contributed by atoms with Crippen LogP contribution in [0.2, 0.25) is 5.02 Å². The number of rotatable bonds is 2. The molecule has 3 heteroatoms. The van der Waals surface area contributed by atoms with E-state index in [9.17, 15) is 0 Å². The Kier molecular flexibility index (Phi) is 3.09. The number of anilines is 1. The summed E-state index contributed by atoms with van der Waals surface area (Å²) in [6.07, 6.45) is 2.06. The Hall–Kier alpha value is -0.340. The van der Waals surface area contributed by atoms with Crippen molar-refractivity contribution in [2.45, 2.75) is 5.75 Å². The minimum absolute atomic E-state index is 0.650. The highest BCUT2D eigenvalue weighted by molar-refractivity contribution is 7.97. The van der Waals surface area contributed by atoms with Crippen molar-refractivity contribution in [2.75, 3.05) is 12.0 Å². The summed E-state index contributed by atoms with van der Waals surface area (Å²) in [5.41, 5.74) is 7.41. The molecule has 1 aromatic rings. The molecule has 1 aromatic carbocycles. The first-order valence-electron chi connectivity index (χ1n) is 3.27. The zero-order chi connectivity index (χ0) is 8.27. The van der Waals surface area contributed by atoms with Crippen LogP contribution in [0.25, 0.3) is 0 Å². The van der Waals surface area contributed by atoms with Crippen LogP contribution in [-0.2, 0) is 5.75 Å². The van der Waals surface area contributed by atoms with E-state index in [4.69, 9.17) is 17.3 Å². The molecule has 0 atom stereocenters. The van der Waals surface area contributed by atoms with Gasteiger partial charge in [-0.15, -0.1) is 0 Å². The Balaban J connectivity index is 2.86. The molecular formula is C8H10ClNS. The van der Waals surface area contributed by atoms with E-state index in [0.29, 0.717) is 10.7 Å². The van der Waals surface area contributed by atoms with Gasteiger partial charge in [0.25, 0.3) is 0 Å². The standard InChI is InChI=1S/C8H10ClNS/c1-11-5-6-2-3-8(10)7(9)4-6/h2-4H,5,10H2,1H3. The molecule has 0 unspecified atom stereocenters. The molecular weight excluding hydrogens is 178 g/mol. The summed E-state index contributed by atoms with van der Waals surface area (Å²) in [5, 5.41) is 0.650. The fourth-order valence-electron chi connectivity index (χ4n) is 0.827. The normalized spacial score (nSPS) is 10.0. The highest BCUT2D eigenvalue weighted by Gasteiger charge is 1.96. The minimum atomic E-state index is 0.650. The Labute approximate surface area is 75.9 Å². The molecule has 0 aromatic heterocycles. The van der Waals surface area contributed by atoms with Gasteiger partial charge in [0.1, 0.15) is 0 Å². The van der Waals surface area contributed by atoms with Crippen molar-refractivity contribution in [3.8, 4) is 0 Å². The van der Waals surface area contributed by atoms with E-state index in [1.165, 1.54) is 5.56 Å². The lowest BCUT2D eigenvalue weighted by Crippen LogP contribution is -1.87. The van der Waals surface area contributed by atoms with Crippen molar-refractivity contribution < 1.29 is 0 Å². The smallest absolute Gasteiger partial charge is 0.0638 e. The largest absolute Gasteiger partial charge is 0.398 e. The third kappa shape index (κ3) is 2.31. The summed E-state index contributed by atoms with van der Waals surface area (Å²) in [6.45, 7) is 0. The molecule has 60 valence electrons. The summed E-state index contributed by atoms with van der Waals surface area (Å²) in [4.78, 5) is 0. The Morgan fingerprint density at radius 1 is 1.55 bits per heavy atom. The van der Waals surface area contributed by atoms with Gasteiger partial charge < -0.3 is 5.73 Å².